The molecule has 0 rings (SSSR count). The first-order valence-electron chi connectivity index (χ1n) is 5.15. The molecule has 15 heavy (non-hydrogen) atoms. The van der Waals surface area contributed by atoms with E-state index in [1.165, 1.54) is 0 Å². The molecule has 0 aromatic rings. The molecule has 5 heteroatoms. The Balaban J connectivity index is 3.77. The van der Waals surface area contributed by atoms with E-state index in [2.05, 4.69) is 10.6 Å². The Morgan fingerprint density at radius 1 is 1.33 bits per heavy atom. The maximum Gasteiger partial charge on any atom is 0.315 e. The molecule has 0 bridgehead atoms. The largest absolute Gasteiger partial charge is 0.481 e. The van der Waals surface area contributed by atoms with Crippen molar-refractivity contribution < 1.29 is 14.7 Å². The van der Waals surface area contributed by atoms with Crippen LogP contribution in [0.4, 0.5) is 4.79 Å². The van der Waals surface area contributed by atoms with E-state index < -0.39 is 5.97 Å². The minimum absolute atomic E-state index is 0.0539. The molecule has 0 aromatic heterocycles. The van der Waals surface area contributed by atoms with Crippen LogP contribution in [0.5, 0.6) is 0 Å². The molecule has 0 radical (unpaired) electrons. The topological polar surface area (TPSA) is 78.4 Å². The summed E-state index contributed by atoms with van der Waals surface area (Å²) in [7, 11) is 0. The number of carboxylic acids is 1. The van der Waals surface area contributed by atoms with Gasteiger partial charge in [-0.25, -0.2) is 4.79 Å². The first kappa shape index (κ1) is 13.7. The molecule has 0 fully saturated rings. The molecule has 0 saturated heterocycles. The van der Waals surface area contributed by atoms with Crippen LogP contribution in [0, 0.1) is 0 Å². The quantitative estimate of drug-likeness (QED) is 0.627. The van der Waals surface area contributed by atoms with Crippen molar-refractivity contribution in [3.63, 3.8) is 0 Å². The maximum absolute atomic E-state index is 11.3. The number of hydrogen-bond acceptors (Lipinski definition) is 2. The number of amides is 2. The Morgan fingerprint density at radius 3 is 2.40 bits per heavy atom. The molecule has 0 spiro atoms. The predicted octanol–water partition coefficient (Wildman–Crippen LogP) is 1.34. The molecule has 88 valence electrons. The van der Waals surface area contributed by atoms with Crippen LogP contribution in [0.3, 0.4) is 0 Å². The van der Waals surface area contributed by atoms with E-state index in [-0.39, 0.29) is 24.5 Å². The van der Waals surface area contributed by atoms with Gasteiger partial charge in [-0.3, -0.25) is 4.79 Å². The summed E-state index contributed by atoms with van der Waals surface area (Å²) in [5.74, 6) is -0.914. The Hall–Kier alpha value is -1.26. The maximum atomic E-state index is 11.3. The van der Waals surface area contributed by atoms with Crippen molar-refractivity contribution in [3.8, 4) is 0 Å². The highest BCUT2D eigenvalue weighted by atomic mass is 16.4. The number of nitrogens with one attached hydrogen (secondary N) is 2. The normalized spacial score (nSPS) is 10.9. The summed E-state index contributed by atoms with van der Waals surface area (Å²) in [6.45, 7) is 6.08. The molecule has 0 aliphatic heterocycles. The van der Waals surface area contributed by atoms with Gasteiger partial charge < -0.3 is 15.7 Å². The van der Waals surface area contributed by atoms with E-state index in [1.54, 1.807) is 0 Å². The van der Waals surface area contributed by atoms with E-state index in [1.807, 2.05) is 20.8 Å². The van der Waals surface area contributed by atoms with Crippen LogP contribution in [0.1, 0.15) is 40.0 Å². The minimum atomic E-state index is -0.914. The first-order valence-corrected chi connectivity index (χ1v) is 5.15. The van der Waals surface area contributed by atoms with Gasteiger partial charge in [0.05, 0.1) is 6.42 Å². The average molecular weight is 216 g/mol. The fraction of sp³-hybridized carbons (Fsp3) is 0.800. The van der Waals surface area contributed by atoms with Gasteiger partial charge >= 0.3 is 12.0 Å². The summed E-state index contributed by atoms with van der Waals surface area (Å²) >= 11 is 0. The third-order valence-electron chi connectivity index (χ3n) is 1.95. The SMILES string of the molecule is CCCC(C)(C)NC(=O)NCCC(=O)O. The highest BCUT2D eigenvalue weighted by Gasteiger charge is 2.18. The standard InChI is InChI=1S/C10H20N2O3/c1-4-6-10(2,3)12-9(15)11-7-5-8(13)14/h4-7H2,1-3H3,(H,13,14)(H2,11,12,15). The van der Waals surface area contributed by atoms with Gasteiger partial charge in [0.1, 0.15) is 0 Å². The van der Waals surface area contributed by atoms with E-state index in [0.717, 1.165) is 12.8 Å². The summed E-state index contributed by atoms with van der Waals surface area (Å²) in [5, 5.41) is 13.7. The number of aliphatic carboxylic acids is 1. The number of carbonyl (C=O) groups is 2. The lowest BCUT2D eigenvalue weighted by molar-refractivity contribution is -0.136. The van der Waals surface area contributed by atoms with Crippen molar-refractivity contribution in [2.75, 3.05) is 6.54 Å². The van der Waals surface area contributed by atoms with Gasteiger partial charge in [-0.1, -0.05) is 13.3 Å². The highest BCUT2D eigenvalue weighted by molar-refractivity contribution is 5.75. The number of urea groups is 1. The second-order valence-corrected chi connectivity index (χ2v) is 4.16. The third-order valence-corrected chi connectivity index (χ3v) is 1.95. The summed E-state index contributed by atoms with van der Waals surface area (Å²) in [5.41, 5.74) is -0.248. The zero-order valence-electron chi connectivity index (χ0n) is 9.59. The lowest BCUT2D eigenvalue weighted by atomic mass is 9.99. The van der Waals surface area contributed by atoms with E-state index in [9.17, 15) is 9.59 Å². The molecule has 0 atom stereocenters. The minimum Gasteiger partial charge on any atom is -0.481 e. The van der Waals surface area contributed by atoms with Gasteiger partial charge in [0.2, 0.25) is 0 Å². The number of carboxylic acid groups (broad SMARTS) is 1. The predicted molar refractivity (Wildman–Crippen MR) is 57.8 cm³/mol. The van der Waals surface area contributed by atoms with Crippen LogP contribution in [-0.4, -0.2) is 29.2 Å². The highest BCUT2D eigenvalue weighted by Crippen LogP contribution is 2.09. The van der Waals surface area contributed by atoms with Crippen molar-refractivity contribution in [2.45, 2.75) is 45.6 Å². The molecule has 0 aromatic carbocycles. The summed E-state index contributed by atoms with van der Waals surface area (Å²) in [6.07, 6.45) is 1.82. The van der Waals surface area contributed by atoms with Crippen LogP contribution in [0.25, 0.3) is 0 Å². The second kappa shape index (κ2) is 6.27. The van der Waals surface area contributed by atoms with Gasteiger partial charge in [0, 0.05) is 12.1 Å². The van der Waals surface area contributed by atoms with Crippen LogP contribution in [0.2, 0.25) is 0 Å². The molecule has 2 amide bonds. The van der Waals surface area contributed by atoms with Crippen LogP contribution in [0.15, 0.2) is 0 Å². The van der Waals surface area contributed by atoms with Crippen molar-refractivity contribution in [1.29, 1.82) is 0 Å². The zero-order chi connectivity index (χ0) is 11.9. The first-order chi connectivity index (χ1) is 6.87. The molecule has 0 unspecified atom stereocenters. The molecule has 0 saturated carbocycles. The van der Waals surface area contributed by atoms with Gasteiger partial charge in [-0.15, -0.1) is 0 Å². The van der Waals surface area contributed by atoms with Crippen LogP contribution >= 0.6 is 0 Å². The van der Waals surface area contributed by atoms with Crippen molar-refractivity contribution in [1.82, 2.24) is 10.6 Å². The Kier molecular flexibility index (Phi) is 5.74. The molecular formula is C10H20N2O3. The zero-order valence-corrected chi connectivity index (χ0v) is 9.59. The van der Waals surface area contributed by atoms with E-state index >= 15 is 0 Å². The lowest BCUT2D eigenvalue weighted by Crippen LogP contribution is -2.48. The van der Waals surface area contributed by atoms with Gasteiger partial charge in [0.15, 0.2) is 0 Å². The lowest BCUT2D eigenvalue weighted by Gasteiger charge is -2.25. The van der Waals surface area contributed by atoms with Gasteiger partial charge in [0.25, 0.3) is 0 Å². The van der Waals surface area contributed by atoms with Crippen LogP contribution in [-0.2, 0) is 4.79 Å². The van der Waals surface area contributed by atoms with Gasteiger partial charge in [-0.05, 0) is 20.3 Å². The smallest absolute Gasteiger partial charge is 0.315 e. The second-order valence-electron chi connectivity index (χ2n) is 4.16. The number of carbonyl (C=O) groups excluding carboxylic acids is 1. The fourth-order valence-electron chi connectivity index (χ4n) is 1.32. The van der Waals surface area contributed by atoms with Gasteiger partial charge in [-0.2, -0.15) is 0 Å². The molecule has 3 N–H and O–H groups in total. The Labute approximate surface area is 90.2 Å². The monoisotopic (exact) mass is 216 g/mol. The summed E-state index contributed by atoms with van der Waals surface area (Å²) in [6, 6.07) is -0.310. The van der Waals surface area contributed by atoms with Crippen molar-refractivity contribution in [2.24, 2.45) is 0 Å². The van der Waals surface area contributed by atoms with Crippen LogP contribution < -0.4 is 10.6 Å². The van der Waals surface area contributed by atoms with Crippen molar-refractivity contribution >= 4 is 12.0 Å². The fourth-order valence-corrected chi connectivity index (χ4v) is 1.32. The molecule has 5 nitrogen and oxygen atoms in total. The molecule has 0 aliphatic carbocycles. The number of hydrogen-bond donors (Lipinski definition) is 3. The molecule has 0 aliphatic rings. The Bertz CT molecular complexity index is 227. The van der Waals surface area contributed by atoms with E-state index in [0.29, 0.717) is 0 Å². The van der Waals surface area contributed by atoms with Crippen molar-refractivity contribution in [3.05, 3.63) is 0 Å². The van der Waals surface area contributed by atoms with E-state index in [4.69, 9.17) is 5.11 Å². The third kappa shape index (κ3) is 7.78. The molecular weight excluding hydrogens is 196 g/mol. The Morgan fingerprint density at radius 2 is 1.93 bits per heavy atom. The summed E-state index contributed by atoms with van der Waals surface area (Å²) < 4.78 is 0. The molecule has 0 heterocycles. The average Bonchev–Trinajstić information content (AvgIpc) is 2.01. The summed E-state index contributed by atoms with van der Waals surface area (Å²) in [4.78, 5) is 21.5. The number of rotatable bonds is 6.